The molecule has 6 heterocycles. The van der Waals surface area contributed by atoms with Crippen LogP contribution in [0.15, 0.2) is 95.2 Å². The molecule has 0 saturated heterocycles. The van der Waals surface area contributed by atoms with Gasteiger partial charge in [-0.1, -0.05) is 49.4 Å². The van der Waals surface area contributed by atoms with Crippen molar-refractivity contribution in [3.63, 3.8) is 0 Å². The molecule has 1 aromatic heterocycles. The van der Waals surface area contributed by atoms with Gasteiger partial charge in [0.05, 0.1) is 13.1 Å². The van der Waals surface area contributed by atoms with Gasteiger partial charge in [-0.05, 0) is 49.2 Å². The molecule has 0 saturated carbocycles. The Morgan fingerprint density at radius 3 is 2.12 bits per heavy atom. The molecule has 3 atom stereocenters. The van der Waals surface area contributed by atoms with Crippen molar-refractivity contribution in [3.8, 4) is 28.7 Å². The van der Waals surface area contributed by atoms with Crippen LogP contribution in [0.25, 0.3) is 0 Å². The summed E-state index contributed by atoms with van der Waals surface area (Å²) in [5.41, 5.74) is 1.06. The highest BCUT2D eigenvalue weighted by atomic mass is 16.6. The van der Waals surface area contributed by atoms with Gasteiger partial charge in [-0.2, -0.15) is 0 Å². The molecule has 0 spiro atoms. The standard InChI is InChI=1S/C14H16N2O2.C13H16N2O.C11H12N2O2/c1-2-16-8-7-15-14(16)9-11-10-17-12-5-3-4-6-13(12)18-11;1-2-13(12-14-7-8-15-12)9-10-5-3-4-6-11(10)16-13;1-2-4-9-8(3-1)14-7-10(15-9)11-12-5-6-13-11/h3-8,11H,2,9-10H2,1H3;3-6H,2,7-9H2,1H3,(H,14,15);1-4,10H,5-7H2,(H,12,13). The van der Waals surface area contributed by atoms with Crippen LogP contribution in [0.4, 0.5) is 0 Å². The van der Waals surface area contributed by atoms with Gasteiger partial charge >= 0.3 is 0 Å². The molecule has 11 nitrogen and oxygen atoms in total. The summed E-state index contributed by atoms with van der Waals surface area (Å²) >= 11 is 0. The molecule has 9 rings (SSSR count). The number of benzene rings is 3. The number of rotatable bonds is 6. The lowest BCUT2D eigenvalue weighted by atomic mass is 9.93. The van der Waals surface area contributed by atoms with Gasteiger partial charge in [0.15, 0.2) is 34.7 Å². The summed E-state index contributed by atoms with van der Waals surface area (Å²) in [4.78, 5) is 13.2. The fraction of sp³-hybridized carbons (Fsp3) is 0.395. The van der Waals surface area contributed by atoms with Gasteiger partial charge in [-0.15, -0.1) is 0 Å². The second-order valence-electron chi connectivity index (χ2n) is 12.3. The summed E-state index contributed by atoms with van der Waals surface area (Å²) in [5.74, 6) is 7.26. The van der Waals surface area contributed by atoms with E-state index in [1.165, 1.54) is 5.56 Å². The molecule has 11 heteroatoms. The third kappa shape index (κ3) is 7.30. The van der Waals surface area contributed by atoms with Crippen molar-refractivity contribution in [1.82, 2.24) is 20.2 Å². The summed E-state index contributed by atoms with van der Waals surface area (Å²) in [7, 11) is 0. The lowest BCUT2D eigenvalue weighted by Crippen LogP contribution is -2.48. The third-order valence-corrected chi connectivity index (χ3v) is 9.06. The second-order valence-corrected chi connectivity index (χ2v) is 12.3. The van der Waals surface area contributed by atoms with Crippen molar-refractivity contribution in [2.75, 3.05) is 39.4 Å². The first-order chi connectivity index (χ1) is 24.1. The van der Waals surface area contributed by atoms with Gasteiger partial charge in [-0.3, -0.25) is 9.98 Å². The summed E-state index contributed by atoms with van der Waals surface area (Å²) in [5, 5.41) is 6.55. The zero-order valence-corrected chi connectivity index (χ0v) is 28.1. The number of hydrogen-bond acceptors (Lipinski definition) is 10. The minimum atomic E-state index is -0.236. The van der Waals surface area contributed by atoms with E-state index in [1.807, 2.05) is 73.1 Å². The third-order valence-electron chi connectivity index (χ3n) is 9.06. The van der Waals surface area contributed by atoms with Crippen molar-refractivity contribution in [3.05, 3.63) is 96.6 Å². The highest BCUT2D eigenvalue weighted by Crippen LogP contribution is 2.38. The van der Waals surface area contributed by atoms with Gasteiger partial charge < -0.3 is 38.9 Å². The molecule has 3 aromatic carbocycles. The molecule has 256 valence electrons. The van der Waals surface area contributed by atoms with Crippen LogP contribution in [-0.4, -0.2) is 78.4 Å². The molecule has 2 N–H and O–H groups in total. The van der Waals surface area contributed by atoms with Crippen LogP contribution in [0.3, 0.4) is 0 Å². The van der Waals surface area contributed by atoms with Crippen LogP contribution in [0.1, 0.15) is 31.7 Å². The zero-order valence-electron chi connectivity index (χ0n) is 28.1. The highest BCUT2D eigenvalue weighted by molar-refractivity contribution is 5.93. The minimum Gasteiger partial charge on any atom is -0.486 e. The van der Waals surface area contributed by atoms with E-state index in [2.05, 4.69) is 56.1 Å². The topological polar surface area (TPSA) is 113 Å². The Hall–Kier alpha value is -5.19. The summed E-state index contributed by atoms with van der Waals surface area (Å²) in [6.07, 6.45) is 6.44. The Labute approximate surface area is 287 Å². The van der Waals surface area contributed by atoms with E-state index in [4.69, 9.17) is 23.7 Å². The molecule has 5 aliphatic heterocycles. The van der Waals surface area contributed by atoms with E-state index < -0.39 is 0 Å². The number of nitrogens with zero attached hydrogens (tertiary/aromatic N) is 4. The number of para-hydroxylation sites is 5. The number of nitrogens with one attached hydrogen (secondary N) is 2. The van der Waals surface area contributed by atoms with E-state index in [9.17, 15) is 0 Å². The Morgan fingerprint density at radius 1 is 0.776 bits per heavy atom. The van der Waals surface area contributed by atoms with E-state index in [0.29, 0.717) is 13.2 Å². The number of fused-ring (bicyclic) bond motifs is 3. The van der Waals surface area contributed by atoms with Crippen molar-refractivity contribution in [2.24, 2.45) is 9.98 Å². The predicted octanol–water partition coefficient (Wildman–Crippen LogP) is 4.89. The Morgan fingerprint density at radius 2 is 1.45 bits per heavy atom. The number of aliphatic imine (C=N–C) groups is 2. The van der Waals surface area contributed by atoms with E-state index >= 15 is 0 Å². The minimum absolute atomic E-state index is 0.0348. The van der Waals surface area contributed by atoms with Crippen LogP contribution in [0.5, 0.6) is 28.7 Å². The molecule has 0 bridgehead atoms. The lowest BCUT2D eigenvalue weighted by molar-refractivity contribution is 0.0892. The number of hydrogen-bond donors (Lipinski definition) is 2. The molecule has 0 radical (unpaired) electrons. The van der Waals surface area contributed by atoms with Gasteiger partial charge in [0.25, 0.3) is 0 Å². The fourth-order valence-corrected chi connectivity index (χ4v) is 6.47. The maximum Gasteiger partial charge on any atom is 0.189 e. The monoisotopic (exact) mass is 664 g/mol. The van der Waals surface area contributed by atoms with Gasteiger partial charge in [0, 0.05) is 44.9 Å². The number of amidine groups is 2. The first-order valence-corrected chi connectivity index (χ1v) is 17.2. The molecule has 0 amide bonds. The van der Waals surface area contributed by atoms with Gasteiger partial charge in [0.1, 0.15) is 42.6 Å². The maximum atomic E-state index is 6.13. The smallest absolute Gasteiger partial charge is 0.189 e. The molecule has 49 heavy (non-hydrogen) atoms. The normalized spacial score (nSPS) is 22.4. The summed E-state index contributed by atoms with van der Waals surface area (Å²) < 4.78 is 31.3. The molecule has 0 aliphatic carbocycles. The maximum absolute atomic E-state index is 6.13. The van der Waals surface area contributed by atoms with E-state index in [1.54, 1.807) is 0 Å². The molecule has 0 fully saturated rings. The average Bonchev–Trinajstić information content (AvgIpc) is 3.99. The Bertz CT molecular complexity index is 1760. The average molecular weight is 665 g/mol. The van der Waals surface area contributed by atoms with Crippen LogP contribution in [0.2, 0.25) is 0 Å². The van der Waals surface area contributed by atoms with E-state index in [-0.39, 0.29) is 17.8 Å². The Balaban J connectivity index is 0.000000116. The van der Waals surface area contributed by atoms with Crippen LogP contribution in [0, 0.1) is 0 Å². The van der Waals surface area contributed by atoms with Crippen molar-refractivity contribution in [1.29, 1.82) is 0 Å². The highest BCUT2D eigenvalue weighted by Gasteiger charge is 2.43. The van der Waals surface area contributed by atoms with Crippen molar-refractivity contribution < 1.29 is 23.7 Å². The largest absolute Gasteiger partial charge is 0.486 e. The molecular formula is C38H44N6O5. The van der Waals surface area contributed by atoms with Crippen LogP contribution < -0.4 is 34.3 Å². The molecule has 3 unspecified atom stereocenters. The first-order valence-electron chi connectivity index (χ1n) is 17.2. The van der Waals surface area contributed by atoms with E-state index in [0.717, 1.165) is 98.2 Å². The van der Waals surface area contributed by atoms with Crippen molar-refractivity contribution in [2.45, 2.75) is 57.5 Å². The number of aryl methyl sites for hydroxylation is 1. The van der Waals surface area contributed by atoms with Crippen LogP contribution in [-0.2, 0) is 19.4 Å². The number of imidazole rings is 1. The fourth-order valence-electron chi connectivity index (χ4n) is 6.47. The predicted molar refractivity (Wildman–Crippen MR) is 189 cm³/mol. The SMILES string of the molecule is CCC1(C2=NCCN2)Cc2ccccc2O1.CCn1ccnc1CC1COc2ccccc2O1.c1ccc2c(c1)OCC(C1=NCCN1)O2. The zero-order chi connectivity index (χ0) is 33.5. The molecular weight excluding hydrogens is 620 g/mol. The number of ether oxygens (including phenoxy) is 5. The second kappa shape index (κ2) is 14.9. The first kappa shape index (κ1) is 32.4. The molecule has 4 aromatic rings. The van der Waals surface area contributed by atoms with Crippen molar-refractivity contribution >= 4 is 11.7 Å². The number of aromatic nitrogens is 2. The summed E-state index contributed by atoms with van der Waals surface area (Å²) in [6, 6.07) is 23.8. The summed E-state index contributed by atoms with van der Waals surface area (Å²) in [6.45, 7) is 9.85. The van der Waals surface area contributed by atoms with Gasteiger partial charge in [0.2, 0.25) is 0 Å². The lowest BCUT2D eigenvalue weighted by Gasteiger charge is -2.27. The van der Waals surface area contributed by atoms with Crippen LogP contribution >= 0.6 is 0 Å². The molecule has 5 aliphatic rings. The Kier molecular flexibility index (Phi) is 9.86. The van der Waals surface area contributed by atoms with Gasteiger partial charge in [-0.25, -0.2) is 4.98 Å². The quantitative estimate of drug-likeness (QED) is 0.300.